The summed E-state index contributed by atoms with van der Waals surface area (Å²) < 4.78 is 8.87. The van der Waals surface area contributed by atoms with Crippen LogP contribution in [0, 0.1) is 0 Å². The van der Waals surface area contributed by atoms with Crippen LogP contribution in [0.15, 0.2) is 199 Å². The highest BCUT2D eigenvalue weighted by Crippen LogP contribution is 2.47. The molecule has 0 aliphatic carbocycles. The number of hydrogen-bond donors (Lipinski definition) is 0. The first-order valence-corrected chi connectivity index (χ1v) is 18.3. The van der Waals surface area contributed by atoms with E-state index in [0.717, 1.165) is 50.4 Å². The average Bonchev–Trinajstić information content (AvgIpc) is 3.78. The lowest BCUT2D eigenvalue weighted by atomic mass is 10.0. The molecule has 2 heterocycles. The molecular weight excluding hydrogens is 653 g/mol. The third-order valence-corrected chi connectivity index (χ3v) is 11.0. The third kappa shape index (κ3) is 5.20. The van der Waals surface area contributed by atoms with Gasteiger partial charge in [0.2, 0.25) is 0 Å². The van der Waals surface area contributed by atoms with Crippen molar-refractivity contribution >= 4 is 87.6 Å². The zero-order valence-corrected chi connectivity index (χ0v) is 29.0. The van der Waals surface area contributed by atoms with E-state index >= 15 is 0 Å². The van der Waals surface area contributed by atoms with Crippen LogP contribution < -0.4 is 9.80 Å². The molecule has 0 bridgehead atoms. The van der Waals surface area contributed by atoms with Crippen molar-refractivity contribution in [2.75, 3.05) is 9.80 Å². The largest absolute Gasteiger partial charge is 0.456 e. The minimum Gasteiger partial charge on any atom is -0.456 e. The maximum atomic E-state index is 6.38. The highest BCUT2D eigenvalue weighted by molar-refractivity contribution is 7.26. The molecule has 0 atom stereocenters. The van der Waals surface area contributed by atoms with Gasteiger partial charge in [-0.3, -0.25) is 0 Å². The molecule has 0 N–H and O–H groups in total. The summed E-state index contributed by atoms with van der Waals surface area (Å²) in [5, 5.41) is 4.75. The molecule has 4 heteroatoms. The van der Waals surface area contributed by atoms with Crippen LogP contribution >= 0.6 is 11.3 Å². The molecule has 0 amide bonds. The maximum Gasteiger partial charge on any atom is 0.137 e. The minimum absolute atomic E-state index is 0.874. The Kier molecular flexibility index (Phi) is 7.33. The van der Waals surface area contributed by atoms with E-state index in [0.29, 0.717) is 0 Å². The molecule has 0 aliphatic rings. The molecule has 0 aliphatic heterocycles. The fraction of sp³-hybridized carbons (Fsp3) is 0. The Bertz CT molecular complexity index is 2800. The predicted molar refractivity (Wildman–Crippen MR) is 221 cm³/mol. The Morgan fingerprint density at radius 1 is 0.346 bits per heavy atom. The molecule has 10 aromatic rings. The summed E-state index contributed by atoms with van der Waals surface area (Å²) in [6.45, 7) is 0. The van der Waals surface area contributed by atoms with Crippen LogP contribution in [0.3, 0.4) is 0 Å². The quantitative estimate of drug-likeness (QED) is 0.167. The summed E-state index contributed by atoms with van der Waals surface area (Å²) in [6.07, 6.45) is 0. The van der Waals surface area contributed by atoms with Crippen molar-refractivity contribution in [1.29, 1.82) is 0 Å². The van der Waals surface area contributed by atoms with E-state index in [1.54, 1.807) is 0 Å². The van der Waals surface area contributed by atoms with Crippen molar-refractivity contribution in [3.05, 3.63) is 194 Å². The molecule has 0 fully saturated rings. The highest BCUT2D eigenvalue weighted by atomic mass is 32.1. The zero-order chi connectivity index (χ0) is 34.4. The van der Waals surface area contributed by atoms with Gasteiger partial charge in [0.15, 0.2) is 0 Å². The number of rotatable bonds is 7. The lowest BCUT2D eigenvalue weighted by molar-refractivity contribution is 0.669. The SMILES string of the molecule is c1ccc(-c2ccc(N(c3ccc4c(c3)oc3ccccc34)c3ccc4c(c3)sc3c(N(c5ccccc5)c5ccccc5)cccc34)cc2)cc1. The van der Waals surface area contributed by atoms with E-state index in [-0.39, 0.29) is 0 Å². The summed E-state index contributed by atoms with van der Waals surface area (Å²) in [6, 6.07) is 69.0. The Balaban J connectivity index is 1.14. The van der Waals surface area contributed by atoms with Gasteiger partial charge in [-0.1, -0.05) is 115 Å². The van der Waals surface area contributed by atoms with Gasteiger partial charge in [0.1, 0.15) is 11.2 Å². The number of furan rings is 1. The van der Waals surface area contributed by atoms with Crippen LogP contribution in [0.1, 0.15) is 0 Å². The smallest absolute Gasteiger partial charge is 0.137 e. The second-order valence-electron chi connectivity index (χ2n) is 13.0. The number of para-hydroxylation sites is 3. The second kappa shape index (κ2) is 12.6. The van der Waals surface area contributed by atoms with Crippen LogP contribution in [0.4, 0.5) is 34.1 Å². The maximum absolute atomic E-state index is 6.38. The molecule has 52 heavy (non-hydrogen) atoms. The van der Waals surface area contributed by atoms with Crippen molar-refractivity contribution < 1.29 is 4.42 Å². The molecule has 3 nitrogen and oxygen atoms in total. The van der Waals surface area contributed by atoms with Gasteiger partial charge in [-0.2, -0.15) is 0 Å². The summed E-state index contributed by atoms with van der Waals surface area (Å²) in [5.74, 6) is 0. The van der Waals surface area contributed by atoms with Crippen molar-refractivity contribution in [3.8, 4) is 11.1 Å². The van der Waals surface area contributed by atoms with Crippen molar-refractivity contribution in [1.82, 2.24) is 0 Å². The van der Waals surface area contributed by atoms with Gasteiger partial charge in [-0.15, -0.1) is 11.3 Å². The monoisotopic (exact) mass is 684 g/mol. The van der Waals surface area contributed by atoms with Crippen molar-refractivity contribution in [2.45, 2.75) is 0 Å². The molecule has 0 saturated carbocycles. The van der Waals surface area contributed by atoms with Gasteiger partial charge in [0.25, 0.3) is 0 Å². The van der Waals surface area contributed by atoms with Gasteiger partial charge >= 0.3 is 0 Å². The molecule has 2 aromatic heterocycles. The number of fused-ring (bicyclic) bond motifs is 6. The van der Waals surface area contributed by atoms with E-state index in [2.05, 4.69) is 192 Å². The van der Waals surface area contributed by atoms with Crippen LogP contribution in [0.25, 0.3) is 53.2 Å². The zero-order valence-electron chi connectivity index (χ0n) is 28.2. The molecule has 0 spiro atoms. The van der Waals surface area contributed by atoms with E-state index in [4.69, 9.17) is 4.42 Å². The number of benzene rings is 8. The van der Waals surface area contributed by atoms with E-state index in [1.807, 2.05) is 23.5 Å². The topological polar surface area (TPSA) is 19.6 Å². The van der Waals surface area contributed by atoms with Crippen LogP contribution in [0.2, 0.25) is 0 Å². The van der Waals surface area contributed by atoms with Gasteiger partial charge in [0.05, 0.1) is 10.4 Å². The minimum atomic E-state index is 0.874. The van der Waals surface area contributed by atoms with Gasteiger partial charge < -0.3 is 14.2 Å². The molecule has 0 unspecified atom stereocenters. The highest BCUT2D eigenvalue weighted by Gasteiger charge is 2.20. The Labute approximate surface area is 305 Å². The lowest BCUT2D eigenvalue weighted by Crippen LogP contribution is -2.09. The van der Waals surface area contributed by atoms with Crippen LogP contribution in [0.5, 0.6) is 0 Å². The first kappa shape index (κ1) is 30.2. The molecule has 10 rings (SSSR count). The average molecular weight is 685 g/mol. The second-order valence-corrected chi connectivity index (χ2v) is 14.0. The Hall–Kier alpha value is -6.62. The molecule has 0 saturated heterocycles. The number of thiophene rings is 1. The normalized spacial score (nSPS) is 11.5. The van der Waals surface area contributed by atoms with Crippen LogP contribution in [-0.2, 0) is 0 Å². The Morgan fingerprint density at radius 3 is 1.62 bits per heavy atom. The first-order chi connectivity index (χ1) is 25.8. The number of anilines is 6. The van der Waals surface area contributed by atoms with E-state index in [9.17, 15) is 0 Å². The number of nitrogens with zero attached hydrogens (tertiary/aromatic N) is 2. The fourth-order valence-corrected chi connectivity index (χ4v) is 8.64. The fourth-order valence-electron chi connectivity index (χ4n) is 7.40. The summed E-state index contributed by atoms with van der Waals surface area (Å²) >= 11 is 1.85. The predicted octanol–water partition coefficient (Wildman–Crippen LogP) is 14.6. The summed E-state index contributed by atoms with van der Waals surface area (Å²) in [5.41, 5.74) is 10.8. The lowest BCUT2D eigenvalue weighted by Gasteiger charge is -2.26. The van der Waals surface area contributed by atoms with Crippen molar-refractivity contribution in [2.24, 2.45) is 0 Å². The van der Waals surface area contributed by atoms with E-state index in [1.165, 1.54) is 37.0 Å². The standard InChI is InChI=1S/C48H32N2OS/c1-4-13-33(14-5-1)34-23-25-37(26-24-34)49(38-27-29-41-40-19-10-11-22-45(40)51-46(41)31-38)39-28-30-42-43-20-12-21-44(48(43)52-47(42)32-39)50(35-15-6-2-7-16-35)36-17-8-3-9-18-36/h1-32H. The number of hydrogen-bond acceptors (Lipinski definition) is 4. The molecule has 0 radical (unpaired) electrons. The first-order valence-electron chi connectivity index (χ1n) is 17.5. The van der Waals surface area contributed by atoms with Crippen molar-refractivity contribution in [3.63, 3.8) is 0 Å². The molecule has 246 valence electrons. The molecular formula is C48H32N2OS. The van der Waals surface area contributed by atoms with Gasteiger partial charge in [-0.05, 0) is 83.9 Å². The third-order valence-electron chi connectivity index (χ3n) is 9.84. The van der Waals surface area contributed by atoms with Gasteiger partial charge in [-0.25, -0.2) is 0 Å². The summed E-state index contributed by atoms with van der Waals surface area (Å²) in [4.78, 5) is 4.70. The van der Waals surface area contributed by atoms with Gasteiger partial charge in [0, 0.05) is 60.7 Å². The molecule has 8 aromatic carbocycles. The van der Waals surface area contributed by atoms with E-state index < -0.39 is 0 Å². The summed E-state index contributed by atoms with van der Waals surface area (Å²) in [7, 11) is 0. The Morgan fingerprint density at radius 2 is 0.885 bits per heavy atom. The van der Waals surface area contributed by atoms with Crippen LogP contribution in [-0.4, -0.2) is 0 Å².